The number of rotatable bonds is 41. The lowest BCUT2D eigenvalue weighted by atomic mass is 10.0. The molecule has 0 bridgehead atoms. The summed E-state index contributed by atoms with van der Waals surface area (Å²) in [6.45, 7) is 8.95. The highest BCUT2D eigenvalue weighted by molar-refractivity contribution is 5.71. The maximum absolute atomic E-state index is 12.6. The third kappa shape index (κ3) is 39.6. The number of hydrogen-bond acceptors (Lipinski definition) is 6. The smallest absolute Gasteiger partial charge is 0.306 e. The van der Waals surface area contributed by atoms with Gasteiger partial charge in [-0.3, -0.25) is 14.4 Å². The molecule has 0 heterocycles. The van der Waals surface area contributed by atoms with Gasteiger partial charge in [0.2, 0.25) is 0 Å². The van der Waals surface area contributed by atoms with Crippen molar-refractivity contribution in [3.05, 3.63) is 0 Å². The molecular formula is C46H88O6. The Bertz CT molecular complexity index is 781. The number of ether oxygens (including phenoxy) is 3. The van der Waals surface area contributed by atoms with E-state index in [1.165, 1.54) is 148 Å². The number of carbonyl (C=O) groups excluding carboxylic acids is 3. The van der Waals surface area contributed by atoms with Crippen molar-refractivity contribution in [2.24, 2.45) is 5.92 Å². The monoisotopic (exact) mass is 737 g/mol. The molecule has 0 aliphatic carbocycles. The molecule has 52 heavy (non-hydrogen) atoms. The maximum Gasteiger partial charge on any atom is 0.306 e. The van der Waals surface area contributed by atoms with Gasteiger partial charge in [-0.1, -0.05) is 214 Å². The van der Waals surface area contributed by atoms with E-state index in [9.17, 15) is 14.4 Å². The van der Waals surface area contributed by atoms with Gasteiger partial charge in [-0.25, -0.2) is 0 Å². The second-order valence-corrected chi connectivity index (χ2v) is 16.2. The van der Waals surface area contributed by atoms with Crippen molar-refractivity contribution in [2.75, 3.05) is 13.2 Å². The largest absolute Gasteiger partial charge is 0.462 e. The van der Waals surface area contributed by atoms with Gasteiger partial charge < -0.3 is 14.2 Å². The Hall–Kier alpha value is -1.59. The zero-order valence-electron chi connectivity index (χ0n) is 35.3. The summed E-state index contributed by atoms with van der Waals surface area (Å²) in [6.07, 6.45) is 39.5. The minimum atomic E-state index is -0.758. The molecule has 0 aromatic rings. The molecule has 0 fully saturated rings. The van der Waals surface area contributed by atoms with Crippen LogP contribution in [0.3, 0.4) is 0 Å². The Morgan fingerprint density at radius 1 is 0.365 bits per heavy atom. The van der Waals surface area contributed by atoms with Crippen molar-refractivity contribution in [2.45, 2.75) is 259 Å². The van der Waals surface area contributed by atoms with Crippen molar-refractivity contribution < 1.29 is 28.6 Å². The van der Waals surface area contributed by atoms with E-state index >= 15 is 0 Å². The van der Waals surface area contributed by atoms with Crippen LogP contribution in [0.25, 0.3) is 0 Å². The Morgan fingerprint density at radius 2 is 0.635 bits per heavy atom. The third-order valence-electron chi connectivity index (χ3n) is 10.3. The highest BCUT2D eigenvalue weighted by Crippen LogP contribution is 2.16. The first-order valence-corrected chi connectivity index (χ1v) is 22.9. The van der Waals surface area contributed by atoms with Crippen LogP contribution in [0.5, 0.6) is 0 Å². The van der Waals surface area contributed by atoms with Gasteiger partial charge in [0, 0.05) is 19.3 Å². The summed E-state index contributed by atoms with van der Waals surface area (Å²) in [5.41, 5.74) is 0. The summed E-state index contributed by atoms with van der Waals surface area (Å²) in [6, 6.07) is 0. The first-order chi connectivity index (χ1) is 25.4. The van der Waals surface area contributed by atoms with Gasteiger partial charge in [0.25, 0.3) is 0 Å². The molecule has 0 radical (unpaired) electrons. The van der Waals surface area contributed by atoms with Crippen LogP contribution in [0.2, 0.25) is 0 Å². The molecule has 0 saturated carbocycles. The van der Waals surface area contributed by atoms with Crippen molar-refractivity contribution in [3.8, 4) is 0 Å². The van der Waals surface area contributed by atoms with Crippen molar-refractivity contribution in [1.29, 1.82) is 0 Å². The van der Waals surface area contributed by atoms with Crippen LogP contribution in [0.15, 0.2) is 0 Å². The average molecular weight is 737 g/mol. The first-order valence-electron chi connectivity index (χ1n) is 22.9. The van der Waals surface area contributed by atoms with E-state index in [1.807, 2.05) is 0 Å². The van der Waals surface area contributed by atoms with Crippen LogP contribution < -0.4 is 0 Å². The summed E-state index contributed by atoms with van der Waals surface area (Å²) < 4.78 is 16.7. The number of unbranched alkanes of at least 4 members (excludes halogenated alkanes) is 28. The van der Waals surface area contributed by atoms with Crippen LogP contribution in [-0.2, 0) is 28.6 Å². The van der Waals surface area contributed by atoms with E-state index in [1.54, 1.807) is 0 Å². The third-order valence-corrected chi connectivity index (χ3v) is 10.3. The lowest BCUT2D eigenvalue weighted by molar-refractivity contribution is -0.167. The molecule has 6 heteroatoms. The second-order valence-electron chi connectivity index (χ2n) is 16.2. The lowest BCUT2D eigenvalue weighted by Crippen LogP contribution is -2.30. The lowest BCUT2D eigenvalue weighted by Gasteiger charge is -2.18. The van der Waals surface area contributed by atoms with Crippen molar-refractivity contribution in [1.82, 2.24) is 0 Å². The van der Waals surface area contributed by atoms with Gasteiger partial charge in [0.15, 0.2) is 6.10 Å². The van der Waals surface area contributed by atoms with Crippen molar-refractivity contribution >= 4 is 17.9 Å². The number of carbonyl (C=O) groups is 3. The molecule has 0 amide bonds. The number of esters is 3. The summed E-state index contributed by atoms with van der Waals surface area (Å²) in [5.74, 6) is -0.0332. The first kappa shape index (κ1) is 50.4. The summed E-state index contributed by atoms with van der Waals surface area (Å²) in [4.78, 5) is 37.6. The average Bonchev–Trinajstić information content (AvgIpc) is 3.12. The Morgan fingerprint density at radius 3 is 0.942 bits per heavy atom. The summed E-state index contributed by atoms with van der Waals surface area (Å²) >= 11 is 0. The Balaban J connectivity index is 4.23. The molecule has 6 nitrogen and oxygen atoms in total. The summed E-state index contributed by atoms with van der Waals surface area (Å²) in [5, 5.41) is 0. The minimum Gasteiger partial charge on any atom is -0.462 e. The van der Waals surface area contributed by atoms with Crippen LogP contribution in [0.4, 0.5) is 0 Å². The van der Waals surface area contributed by atoms with Crippen LogP contribution in [0, 0.1) is 5.92 Å². The fourth-order valence-electron chi connectivity index (χ4n) is 6.80. The highest BCUT2D eigenvalue weighted by atomic mass is 16.6. The Labute approximate surface area is 323 Å². The SMILES string of the molecule is CCCCCCCCCCCCCCCC(=O)OC[C@H](COC(=O)CCCCCCCCCCCCCC(C)C)OC(=O)CCCCCCCCC. The molecule has 0 spiro atoms. The molecule has 0 aliphatic rings. The van der Waals surface area contributed by atoms with Crippen LogP contribution in [-0.4, -0.2) is 37.2 Å². The quantitative estimate of drug-likeness (QED) is 0.0353. The molecule has 0 aromatic heterocycles. The van der Waals surface area contributed by atoms with Gasteiger partial charge in [0.05, 0.1) is 0 Å². The van der Waals surface area contributed by atoms with Crippen LogP contribution in [0.1, 0.15) is 252 Å². The second kappa shape index (κ2) is 40.6. The van der Waals surface area contributed by atoms with Crippen molar-refractivity contribution in [3.63, 3.8) is 0 Å². The maximum atomic E-state index is 12.6. The van der Waals surface area contributed by atoms with Gasteiger partial charge in [-0.05, 0) is 25.2 Å². The molecule has 0 saturated heterocycles. The molecule has 1 atom stereocenters. The molecular weight excluding hydrogens is 649 g/mol. The molecule has 0 N–H and O–H groups in total. The number of hydrogen-bond donors (Lipinski definition) is 0. The predicted molar refractivity (Wildman–Crippen MR) is 220 cm³/mol. The zero-order chi connectivity index (χ0) is 38.2. The molecule has 0 aliphatic heterocycles. The standard InChI is InChI=1S/C46H88O6/c1-5-7-9-11-13-14-15-16-19-22-26-29-33-37-44(47)50-40-43(52-46(49)39-35-31-24-12-10-8-6-2)41-51-45(48)38-34-30-27-23-20-17-18-21-25-28-32-36-42(3)4/h42-43H,5-41H2,1-4H3/t43-/m1/s1. The van der Waals surface area contributed by atoms with Gasteiger partial charge in [0.1, 0.15) is 13.2 Å². The van der Waals surface area contributed by atoms with E-state index in [2.05, 4.69) is 27.7 Å². The van der Waals surface area contributed by atoms with Gasteiger partial charge >= 0.3 is 17.9 Å². The zero-order valence-corrected chi connectivity index (χ0v) is 35.3. The van der Waals surface area contributed by atoms with E-state index in [-0.39, 0.29) is 31.1 Å². The van der Waals surface area contributed by atoms with Gasteiger partial charge in [-0.15, -0.1) is 0 Å². The molecule has 0 unspecified atom stereocenters. The normalized spacial score (nSPS) is 11.9. The fraction of sp³-hybridized carbons (Fsp3) is 0.935. The minimum absolute atomic E-state index is 0.0642. The molecule has 308 valence electrons. The Kier molecular flexibility index (Phi) is 39.4. The molecule has 0 rings (SSSR count). The van der Waals surface area contributed by atoms with Gasteiger partial charge in [-0.2, -0.15) is 0 Å². The van der Waals surface area contributed by atoms with E-state index < -0.39 is 6.10 Å². The highest BCUT2D eigenvalue weighted by Gasteiger charge is 2.19. The van der Waals surface area contributed by atoms with E-state index in [4.69, 9.17) is 14.2 Å². The van der Waals surface area contributed by atoms with E-state index in [0.29, 0.717) is 19.3 Å². The molecule has 0 aromatic carbocycles. The van der Waals surface area contributed by atoms with Crippen LogP contribution >= 0.6 is 0 Å². The fourth-order valence-corrected chi connectivity index (χ4v) is 6.80. The summed E-state index contributed by atoms with van der Waals surface area (Å²) in [7, 11) is 0. The predicted octanol–water partition coefficient (Wildman–Crippen LogP) is 14.3. The van der Waals surface area contributed by atoms with E-state index in [0.717, 1.165) is 63.7 Å². The topological polar surface area (TPSA) is 78.9 Å².